The first-order valence-electron chi connectivity index (χ1n) is 14.9. The van der Waals surface area contributed by atoms with Crippen molar-refractivity contribution >= 4 is 0 Å². The van der Waals surface area contributed by atoms with Crippen molar-refractivity contribution in [3.63, 3.8) is 0 Å². The van der Waals surface area contributed by atoms with Crippen LogP contribution in [0.25, 0.3) is 0 Å². The third-order valence-electron chi connectivity index (χ3n) is 10.5. The monoisotopic (exact) mass is 538 g/mol. The minimum atomic E-state index is -0.724. The molecule has 4 atom stereocenters. The highest BCUT2D eigenvalue weighted by Gasteiger charge is 2.99. The number of hydrogen-bond acceptors (Lipinski definition) is 1. The van der Waals surface area contributed by atoms with E-state index in [0.717, 1.165) is 0 Å². The van der Waals surface area contributed by atoms with Crippen LogP contribution in [-0.4, -0.2) is 0 Å². The average molecular weight is 539 g/mol. The van der Waals surface area contributed by atoms with Crippen molar-refractivity contribution in [2.45, 2.75) is 27.9 Å². The summed E-state index contributed by atoms with van der Waals surface area (Å²) in [6, 6.07) is 64.7. The lowest BCUT2D eigenvalue weighted by molar-refractivity contribution is -0.0843. The second kappa shape index (κ2) is 8.41. The summed E-state index contributed by atoms with van der Waals surface area (Å²) in [6.07, 6.45) is 0. The third-order valence-corrected chi connectivity index (χ3v) is 10.5. The van der Waals surface area contributed by atoms with Crippen LogP contribution in [0.3, 0.4) is 0 Å². The van der Waals surface area contributed by atoms with Crippen molar-refractivity contribution in [3.05, 3.63) is 215 Å². The second-order valence-corrected chi connectivity index (χ2v) is 11.9. The molecule has 1 saturated heterocycles. The maximum absolute atomic E-state index is 8.02. The lowest BCUT2D eigenvalue weighted by atomic mass is 9.57. The molecule has 6 aromatic carbocycles. The molecule has 2 heterocycles. The largest absolute Gasteiger partial charge is 0.348 e. The summed E-state index contributed by atoms with van der Waals surface area (Å²) in [5, 5.41) is 0. The molecule has 0 N–H and O–H groups in total. The Morgan fingerprint density at radius 3 is 1.02 bits per heavy atom. The van der Waals surface area contributed by atoms with Crippen molar-refractivity contribution in [3.8, 4) is 0 Å². The Morgan fingerprint density at radius 1 is 0.333 bits per heavy atom. The fourth-order valence-electron chi connectivity index (χ4n) is 9.43. The molecule has 0 spiro atoms. The molecule has 4 unspecified atom stereocenters. The highest BCUT2D eigenvalue weighted by molar-refractivity contribution is 5.79. The summed E-state index contributed by atoms with van der Waals surface area (Å²) in [5.41, 5.74) is 6.65. The van der Waals surface area contributed by atoms with Crippen LogP contribution in [-0.2, 0) is 26.8 Å². The molecule has 2 aliphatic heterocycles. The molecule has 9 rings (SSSR count). The Hall–Kier alpha value is -4.72. The molecule has 6 aromatic rings. The SMILES string of the molecule is c1ccc(C2C3(c4ccccc4)C4(c5ccccc5)OC(c5ccccc5)(c5ccccc54)C23c2ccccc2)cc1. The Bertz CT molecular complexity index is 1780. The maximum atomic E-state index is 8.02. The van der Waals surface area contributed by atoms with Crippen molar-refractivity contribution in [2.75, 3.05) is 0 Å². The molecule has 1 nitrogen and oxygen atoms in total. The van der Waals surface area contributed by atoms with Gasteiger partial charge in [0.1, 0.15) is 11.2 Å². The third kappa shape index (κ3) is 2.48. The van der Waals surface area contributed by atoms with Gasteiger partial charge < -0.3 is 4.74 Å². The highest BCUT2D eigenvalue weighted by atomic mass is 16.5. The van der Waals surface area contributed by atoms with E-state index in [0.29, 0.717) is 0 Å². The van der Waals surface area contributed by atoms with Gasteiger partial charge in [-0.25, -0.2) is 0 Å². The first-order valence-corrected chi connectivity index (χ1v) is 14.9. The van der Waals surface area contributed by atoms with Gasteiger partial charge in [0.25, 0.3) is 0 Å². The van der Waals surface area contributed by atoms with Crippen molar-refractivity contribution < 1.29 is 4.74 Å². The zero-order valence-corrected chi connectivity index (χ0v) is 23.2. The minimum Gasteiger partial charge on any atom is -0.348 e. The lowest BCUT2D eigenvalue weighted by Crippen LogP contribution is -2.45. The van der Waals surface area contributed by atoms with Crippen LogP contribution in [0.4, 0.5) is 0 Å². The van der Waals surface area contributed by atoms with E-state index in [-0.39, 0.29) is 5.92 Å². The Balaban J connectivity index is 1.55. The molecule has 3 aliphatic rings. The van der Waals surface area contributed by atoms with Gasteiger partial charge in [-0.05, 0) is 38.9 Å². The summed E-state index contributed by atoms with van der Waals surface area (Å²) in [4.78, 5) is 0. The van der Waals surface area contributed by atoms with E-state index in [2.05, 4.69) is 176 Å². The van der Waals surface area contributed by atoms with Gasteiger partial charge in [0.05, 0.1) is 10.8 Å². The normalized spacial score (nSPS) is 30.0. The van der Waals surface area contributed by atoms with Crippen LogP contribution < -0.4 is 0 Å². The molecule has 1 aliphatic carbocycles. The van der Waals surface area contributed by atoms with Gasteiger partial charge in [0.2, 0.25) is 0 Å². The summed E-state index contributed by atoms with van der Waals surface area (Å²) in [6.45, 7) is 0. The molecular weight excluding hydrogens is 508 g/mol. The standard InChI is InChI=1S/C41H30O/c1-6-18-30(19-7-1)37-38(31-20-8-2-9-21-31)39(37,32-22-10-3-11-23-32)41(34-26-14-5-15-27-34)36-29-17-16-28-35(36)40(38,42-41)33-24-12-4-13-25-33/h1-29,37H. The van der Waals surface area contributed by atoms with E-state index in [1.807, 2.05) is 0 Å². The fourth-order valence-corrected chi connectivity index (χ4v) is 9.43. The topological polar surface area (TPSA) is 9.23 Å². The van der Waals surface area contributed by atoms with Gasteiger partial charge >= 0.3 is 0 Å². The first-order chi connectivity index (χ1) is 20.8. The summed E-state index contributed by atoms with van der Waals surface area (Å²) in [7, 11) is 0. The van der Waals surface area contributed by atoms with Gasteiger partial charge in [-0.1, -0.05) is 176 Å². The van der Waals surface area contributed by atoms with Gasteiger partial charge in [-0.3, -0.25) is 0 Å². The predicted octanol–water partition coefficient (Wildman–Crippen LogP) is 8.89. The number of ether oxygens (including phenoxy) is 1. The van der Waals surface area contributed by atoms with E-state index in [9.17, 15) is 0 Å². The van der Waals surface area contributed by atoms with Crippen LogP contribution in [0.2, 0.25) is 0 Å². The fraction of sp³-hybridized carbons (Fsp3) is 0.122. The number of rotatable bonds is 5. The average Bonchev–Trinajstić information content (AvgIpc) is 3.54. The Labute approximate surface area is 247 Å². The molecule has 0 radical (unpaired) electrons. The smallest absolute Gasteiger partial charge is 0.131 e. The van der Waals surface area contributed by atoms with Crippen molar-refractivity contribution in [2.24, 2.45) is 0 Å². The number of fused-ring (bicyclic) bond motifs is 8. The lowest BCUT2D eigenvalue weighted by Gasteiger charge is -2.40. The van der Waals surface area contributed by atoms with Gasteiger partial charge in [-0.2, -0.15) is 0 Å². The molecule has 2 bridgehead atoms. The minimum absolute atomic E-state index is 0.151. The molecule has 2 fully saturated rings. The molecule has 200 valence electrons. The quantitative estimate of drug-likeness (QED) is 0.213. The first kappa shape index (κ1) is 23.9. The van der Waals surface area contributed by atoms with Gasteiger partial charge in [0, 0.05) is 5.92 Å². The van der Waals surface area contributed by atoms with Crippen molar-refractivity contribution in [1.82, 2.24) is 0 Å². The van der Waals surface area contributed by atoms with Crippen LogP contribution in [0, 0.1) is 0 Å². The van der Waals surface area contributed by atoms with Gasteiger partial charge in [-0.15, -0.1) is 0 Å². The van der Waals surface area contributed by atoms with E-state index < -0.39 is 22.0 Å². The number of benzene rings is 6. The molecule has 1 saturated carbocycles. The summed E-state index contributed by atoms with van der Waals surface area (Å²) >= 11 is 0. The van der Waals surface area contributed by atoms with E-state index in [1.54, 1.807) is 0 Å². The molecule has 0 aromatic heterocycles. The Morgan fingerprint density at radius 2 is 0.643 bits per heavy atom. The van der Waals surface area contributed by atoms with E-state index in [1.165, 1.54) is 38.9 Å². The van der Waals surface area contributed by atoms with Gasteiger partial charge in [0.15, 0.2) is 0 Å². The second-order valence-electron chi connectivity index (χ2n) is 11.9. The van der Waals surface area contributed by atoms with Crippen LogP contribution in [0.5, 0.6) is 0 Å². The Kier molecular flexibility index (Phi) is 4.79. The van der Waals surface area contributed by atoms with Crippen LogP contribution in [0.15, 0.2) is 176 Å². The van der Waals surface area contributed by atoms with Crippen LogP contribution in [0.1, 0.15) is 44.9 Å². The zero-order chi connectivity index (χ0) is 27.8. The van der Waals surface area contributed by atoms with Crippen molar-refractivity contribution in [1.29, 1.82) is 0 Å². The maximum Gasteiger partial charge on any atom is 0.131 e. The number of hydrogen-bond donors (Lipinski definition) is 0. The summed E-state index contributed by atoms with van der Waals surface area (Å²) in [5.74, 6) is 0.151. The molecule has 42 heavy (non-hydrogen) atoms. The predicted molar refractivity (Wildman–Crippen MR) is 167 cm³/mol. The zero-order valence-electron chi connectivity index (χ0n) is 23.2. The highest BCUT2D eigenvalue weighted by Crippen LogP contribution is 2.95. The van der Waals surface area contributed by atoms with E-state index >= 15 is 0 Å². The van der Waals surface area contributed by atoms with Crippen LogP contribution >= 0.6 is 0 Å². The molecular formula is C41H30O. The molecule has 1 heteroatoms. The molecule has 0 amide bonds. The van der Waals surface area contributed by atoms with E-state index in [4.69, 9.17) is 4.74 Å². The summed E-state index contributed by atoms with van der Waals surface area (Å²) < 4.78 is 8.02.